The molecule has 0 saturated carbocycles. The molecule has 0 aromatic heterocycles. The van der Waals surface area contributed by atoms with Gasteiger partial charge in [-0.05, 0) is 23.0 Å². The quantitative estimate of drug-likeness (QED) is 0.734. The minimum absolute atomic E-state index is 0.0938. The first-order valence-corrected chi connectivity index (χ1v) is 6.80. The largest absolute Gasteiger partial charge is 0.507 e. The predicted octanol–water partition coefficient (Wildman–Crippen LogP) is 3.39. The Morgan fingerprint density at radius 2 is 1.37 bits per heavy atom. The van der Waals surface area contributed by atoms with Crippen molar-refractivity contribution >= 4 is 5.69 Å². The van der Waals surface area contributed by atoms with Crippen molar-refractivity contribution in [1.29, 1.82) is 0 Å². The molecule has 1 rings (SSSR count). The molecule has 108 valence electrons. The fourth-order valence-corrected chi connectivity index (χ4v) is 2.08. The summed E-state index contributed by atoms with van der Waals surface area (Å²) >= 11 is 0. The summed E-state index contributed by atoms with van der Waals surface area (Å²) in [5, 5.41) is 22.6. The maximum absolute atomic E-state index is 10.5. The number of nitrogens with one attached hydrogen (secondary N) is 1. The fourth-order valence-electron chi connectivity index (χ4n) is 2.08. The van der Waals surface area contributed by atoms with Crippen molar-refractivity contribution in [2.24, 2.45) is 0 Å². The van der Waals surface area contributed by atoms with Crippen molar-refractivity contribution in [3.05, 3.63) is 23.3 Å². The molecule has 0 aliphatic rings. The lowest BCUT2D eigenvalue weighted by Crippen LogP contribution is -2.18. The van der Waals surface area contributed by atoms with E-state index in [0.29, 0.717) is 12.3 Å². The van der Waals surface area contributed by atoms with Gasteiger partial charge in [0.25, 0.3) is 0 Å². The van der Waals surface area contributed by atoms with E-state index in [1.165, 1.54) is 0 Å². The summed E-state index contributed by atoms with van der Waals surface area (Å²) in [5.74, 6) is 0.384. The lowest BCUT2D eigenvalue weighted by Gasteiger charge is -2.28. The van der Waals surface area contributed by atoms with E-state index in [1.54, 1.807) is 0 Å². The highest BCUT2D eigenvalue weighted by atomic mass is 16.3. The molecule has 1 aromatic rings. The zero-order chi connectivity index (χ0) is 14.8. The molecule has 3 N–H and O–H groups in total. The van der Waals surface area contributed by atoms with Crippen LogP contribution in [0.4, 0.5) is 5.69 Å². The molecule has 3 nitrogen and oxygen atoms in total. The van der Waals surface area contributed by atoms with E-state index < -0.39 is 0 Å². The second-order valence-electron chi connectivity index (χ2n) is 7.07. The zero-order valence-electron chi connectivity index (χ0n) is 13.0. The maximum Gasteiger partial charge on any atom is 0.123 e. The van der Waals surface area contributed by atoms with Crippen LogP contribution >= 0.6 is 0 Å². The Morgan fingerprint density at radius 3 is 1.68 bits per heavy atom. The van der Waals surface area contributed by atoms with E-state index in [1.807, 2.05) is 12.1 Å². The Kier molecular flexibility index (Phi) is 4.51. The van der Waals surface area contributed by atoms with Gasteiger partial charge in [0.15, 0.2) is 0 Å². The minimum Gasteiger partial charge on any atom is -0.507 e. The normalized spacial score (nSPS) is 12.6. The van der Waals surface area contributed by atoms with E-state index in [9.17, 15) is 5.11 Å². The Balaban J connectivity index is 3.39. The van der Waals surface area contributed by atoms with Gasteiger partial charge in [0.1, 0.15) is 5.75 Å². The predicted molar refractivity (Wildman–Crippen MR) is 81.1 cm³/mol. The molecule has 0 unspecified atom stereocenters. The van der Waals surface area contributed by atoms with E-state index in [4.69, 9.17) is 5.11 Å². The average Bonchev–Trinajstić information content (AvgIpc) is 2.24. The molecule has 0 amide bonds. The minimum atomic E-state index is -0.124. The molecule has 0 fully saturated rings. The van der Waals surface area contributed by atoms with E-state index in [-0.39, 0.29) is 17.4 Å². The Hall–Kier alpha value is -1.22. The van der Waals surface area contributed by atoms with Crippen molar-refractivity contribution in [1.82, 2.24) is 0 Å². The monoisotopic (exact) mass is 265 g/mol. The molecular weight excluding hydrogens is 238 g/mol. The topological polar surface area (TPSA) is 52.5 Å². The van der Waals surface area contributed by atoms with Crippen LogP contribution in [0.15, 0.2) is 12.1 Å². The third kappa shape index (κ3) is 3.87. The van der Waals surface area contributed by atoms with E-state index in [2.05, 4.69) is 46.9 Å². The summed E-state index contributed by atoms with van der Waals surface area (Å²) in [4.78, 5) is 0. The number of phenols is 1. The number of aromatic hydroxyl groups is 1. The van der Waals surface area contributed by atoms with Gasteiger partial charge in [-0.2, -0.15) is 0 Å². The molecule has 0 aliphatic carbocycles. The highest BCUT2D eigenvalue weighted by molar-refractivity contribution is 5.59. The summed E-state index contributed by atoms with van der Waals surface area (Å²) in [6, 6.07) is 3.94. The van der Waals surface area contributed by atoms with Crippen LogP contribution < -0.4 is 5.32 Å². The van der Waals surface area contributed by atoms with Crippen LogP contribution in [-0.2, 0) is 10.8 Å². The average molecular weight is 265 g/mol. The van der Waals surface area contributed by atoms with Crippen LogP contribution in [0.5, 0.6) is 5.75 Å². The van der Waals surface area contributed by atoms with Crippen LogP contribution in [0, 0.1) is 0 Å². The lowest BCUT2D eigenvalue weighted by molar-refractivity contribution is 0.311. The zero-order valence-corrected chi connectivity index (χ0v) is 13.0. The first kappa shape index (κ1) is 15.8. The Bertz CT molecular complexity index is 404. The molecule has 0 aliphatic heterocycles. The van der Waals surface area contributed by atoms with Crippen molar-refractivity contribution in [3.63, 3.8) is 0 Å². The molecule has 0 spiro atoms. The fraction of sp³-hybridized carbons (Fsp3) is 0.625. The van der Waals surface area contributed by atoms with Crippen molar-refractivity contribution < 1.29 is 10.2 Å². The molecule has 0 bridgehead atoms. The third-order valence-corrected chi connectivity index (χ3v) is 3.17. The van der Waals surface area contributed by atoms with Crippen LogP contribution in [0.1, 0.15) is 52.7 Å². The SMILES string of the molecule is CC(C)(C)c1cc(NCCO)cc(C(C)(C)C)c1O. The summed E-state index contributed by atoms with van der Waals surface area (Å²) in [6.45, 7) is 13.1. The van der Waals surface area contributed by atoms with Gasteiger partial charge in [-0.3, -0.25) is 0 Å². The van der Waals surface area contributed by atoms with E-state index >= 15 is 0 Å². The number of benzene rings is 1. The first-order valence-electron chi connectivity index (χ1n) is 6.80. The van der Waals surface area contributed by atoms with Crippen LogP contribution in [-0.4, -0.2) is 23.4 Å². The molecule has 0 saturated heterocycles. The smallest absolute Gasteiger partial charge is 0.123 e. The van der Waals surface area contributed by atoms with Gasteiger partial charge in [0, 0.05) is 23.4 Å². The Morgan fingerprint density at radius 1 is 0.947 bits per heavy atom. The number of rotatable bonds is 3. The summed E-state index contributed by atoms with van der Waals surface area (Å²) in [5.41, 5.74) is 2.56. The van der Waals surface area contributed by atoms with Gasteiger partial charge in [0.05, 0.1) is 6.61 Å². The maximum atomic E-state index is 10.5. The van der Waals surface area contributed by atoms with Gasteiger partial charge < -0.3 is 15.5 Å². The van der Waals surface area contributed by atoms with Gasteiger partial charge in [-0.15, -0.1) is 0 Å². The summed E-state index contributed by atoms with van der Waals surface area (Å²) in [6.07, 6.45) is 0. The first-order chi connectivity index (χ1) is 8.57. The molecule has 0 radical (unpaired) electrons. The van der Waals surface area contributed by atoms with Crippen molar-refractivity contribution in [2.45, 2.75) is 52.4 Å². The number of aliphatic hydroxyl groups excluding tert-OH is 1. The lowest BCUT2D eigenvalue weighted by atomic mass is 9.79. The van der Waals surface area contributed by atoms with Gasteiger partial charge in [0.2, 0.25) is 0 Å². The second kappa shape index (κ2) is 5.41. The van der Waals surface area contributed by atoms with Gasteiger partial charge in [-0.1, -0.05) is 41.5 Å². The van der Waals surface area contributed by atoms with Crippen molar-refractivity contribution in [2.75, 3.05) is 18.5 Å². The number of phenolic OH excluding ortho intramolecular Hbond substituents is 1. The third-order valence-electron chi connectivity index (χ3n) is 3.17. The number of aliphatic hydroxyl groups is 1. The summed E-state index contributed by atoms with van der Waals surface area (Å²) in [7, 11) is 0. The molecule has 1 aromatic carbocycles. The molecule has 0 atom stereocenters. The van der Waals surface area contributed by atoms with E-state index in [0.717, 1.165) is 16.8 Å². The highest BCUT2D eigenvalue weighted by Crippen LogP contribution is 2.40. The van der Waals surface area contributed by atoms with Crippen LogP contribution in [0.3, 0.4) is 0 Å². The number of hydrogen-bond donors (Lipinski definition) is 3. The van der Waals surface area contributed by atoms with Crippen LogP contribution in [0.25, 0.3) is 0 Å². The molecule has 19 heavy (non-hydrogen) atoms. The second-order valence-corrected chi connectivity index (χ2v) is 7.07. The number of hydrogen-bond acceptors (Lipinski definition) is 3. The van der Waals surface area contributed by atoms with Crippen molar-refractivity contribution in [3.8, 4) is 5.75 Å². The highest BCUT2D eigenvalue weighted by Gasteiger charge is 2.26. The molecular formula is C16H27NO2. The van der Waals surface area contributed by atoms with Crippen LogP contribution in [0.2, 0.25) is 0 Å². The van der Waals surface area contributed by atoms with Gasteiger partial charge >= 0.3 is 0 Å². The molecule has 3 heteroatoms. The number of anilines is 1. The van der Waals surface area contributed by atoms with Gasteiger partial charge in [-0.25, -0.2) is 0 Å². The Labute approximate surface area is 116 Å². The molecule has 0 heterocycles. The summed E-state index contributed by atoms with van der Waals surface area (Å²) < 4.78 is 0. The standard InChI is InChI=1S/C16H27NO2/c1-15(2,3)12-9-11(17-7-8-18)10-13(14(12)19)16(4,5)6/h9-10,17-19H,7-8H2,1-6H3.